The highest BCUT2D eigenvalue weighted by Crippen LogP contribution is 2.26. The zero-order valence-electron chi connectivity index (χ0n) is 14.6. The Kier molecular flexibility index (Phi) is 5.86. The molecule has 0 spiro atoms. The van der Waals surface area contributed by atoms with Crippen molar-refractivity contribution in [3.63, 3.8) is 0 Å². The van der Waals surface area contributed by atoms with E-state index in [-0.39, 0.29) is 0 Å². The summed E-state index contributed by atoms with van der Waals surface area (Å²) in [5.74, 6) is 1.94. The van der Waals surface area contributed by atoms with Crippen LogP contribution in [0, 0.1) is 0 Å². The second-order valence-corrected chi connectivity index (χ2v) is 6.49. The van der Waals surface area contributed by atoms with Crippen LogP contribution in [0.3, 0.4) is 0 Å². The Balaban J connectivity index is 0.000000880. The van der Waals surface area contributed by atoms with E-state index in [1.54, 1.807) is 12.4 Å². The number of fused-ring (bicyclic) bond motifs is 1. The SMILES string of the molecule is Brc1cnn2c(NCc3cccnc3)cc(N3CCCC3)nc12.CC. The first kappa shape index (κ1) is 17.7. The van der Waals surface area contributed by atoms with Gasteiger partial charge in [0.05, 0.1) is 10.7 Å². The molecular weight excluding hydrogens is 380 g/mol. The van der Waals surface area contributed by atoms with Crippen LogP contribution in [-0.2, 0) is 6.54 Å². The fourth-order valence-electron chi connectivity index (χ4n) is 2.85. The number of hydrogen-bond donors (Lipinski definition) is 1. The average molecular weight is 403 g/mol. The summed E-state index contributed by atoms with van der Waals surface area (Å²) >= 11 is 3.54. The molecular formula is C18H23BrN6. The Morgan fingerprint density at radius 2 is 2.00 bits per heavy atom. The summed E-state index contributed by atoms with van der Waals surface area (Å²) in [6.45, 7) is 6.83. The molecule has 7 heteroatoms. The number of halogens is 1. The predicted molar refractivity (Wildman–Crippen MR) is 105 cm³/mol. The fraction of sp³-hybridized carbons (Fsp3) is 0.389. The molecule has 0 aliphatic carbocycles. The van der Waals surface area contributed by atoms with Crippen LogP contribution in [0.5, 0.6) is 0 Å². The van der Waals surface area contributed by atoms with Gasteiger partial charge in [-0.2, -0.15) is 9.61 Å². The van der Waals surface area contributed by atoms with E-state index < -0.39 is 0 Å². The van der Waals surface area contributed by atoms with Crippen molar-refractivity contribution < 1.29 is 0 Å². The number of anilines is 2. The van der Waals surface area contributed by atoms with Crippen molar-refractivity contribution >= 4 is 33.2 Å². The summed E-state index contributed by atoms with van der Waals surface area (Å²) in [7, 11) is 0. The van der Waals surface area contributed by atoms with Crippen molar-refractivity contribution in [3.05, 3.63) is 46.8 Å². The second kappa shape index (κ2) is 8.29. The predicted octanol–water partition coefficient (Wildman–Crippen LogP) is 4.13. The van der Waals surface area contributed by atoms with Gasteiger partial charge in [0.15, 0.2) is 5.65 Å². The molecule has 25 heavy (non-hydrogen) atoms. The summed E-state index contributed by atoms with van der Waals surface area (Å²) in [6, 6.07) is 6.08. The lowest BCUT2D eigenvalue weighted by atomic mass is 10.3. The molecule has 1 N–H and O–H groups in total. The van der Waals surface area contributed by atoms with Crippen LogP contribution in [0.1, 0.15) is 32.3 Å². The third-order valence-corrected chi connectivity index (χ3v) is 4.60. The van der Waals surface area contributed by atoms with E-state index in [9.17, 15) is 0 Å². The van der Waals surface area contributed by atoms with Gasteiger partial charge >= 0.3 is 0 Å². The number of nitrogens with zero attached hydrogens (tertiary/aromatic N) is 5. The van der Waals surface area contributed by atoms with Crippen molar-refractivity contribution in [1.29, 1.82) is 0 Å². The maximum absolute atomic E-state index is 4.76. The average Bonchev–Trinajstić information content (AvgIpc) is 3.33. The summed E-state index contributed by atoms with van der Waals surface area (Å²) in [6.07, 6.45) is 7.89. The molecule has 6 nitrogen and oxygen atoms in total. The number of rotatable bonds is 4. The van der Waals surface area contributed by atoms with E-state index in [0.29, 0.717) is 6.54 Å². The Bertz CT molecular complexity index is 811. The third kappa shape index (κ3) is 3.92. The minimum atomic E-state index is 0.698. The number of nitrogens with one attached hydrogen (secondary N) is 1. The van der Waals surface area contributed by atoms with E-state index in [2.05, 4.69) is 48.4 Å². The first-order valence-electron chi connectivity index (χ1n) is 8.73. The molecule has 0 atom stereocenters. The van der Waals surface area contributed by atoms with Gasteiger partial charge in [0.2, 0.25) is 0 Å². The van der Waals surface area contributed by atoms with Gasteiger partial charge in [-0.3, -0.25) is 4.98 Å². The molecule has 3 aromatic heterocycles. The number of aromatic nitrogens is 4. The van der Waals surface area contributed by atoms with E-state index in [1.807, 2.05) is 30.6 Å². The summed E-state index contributed by atoms with van der Waals surface area (Å²) in [4.78, 5) is 11.2. The maximum atomic E-state index is 4.76. The summed E-state index contributed by atoms with van der Waals surface area (Å²) in [5, 5.41) is 7.86. The molecule has 3 aromatic rings. The monoisotopic (exact) mass is 402 g/mol. The molecule has 0 radical (unpaired) electrons. The normalized spacial score (nSPS) is 13.6. The largest absolute Gasteiger partial charge is 0.366 e. The smallest absolute Gasteiger partial charge is 0.173 e. The molecule has 1 saturated heterocycles. The van der Waals surface area contributed by atoms with Crippen LogP contribution < -0.4 is 10.2 Å². The molecule has 4 heterocycles. The highest BCUT2D eigenvalue weighted by Gasteiger charge is 2.17. The first-order valence-corrected chi connectivity index (χ1v) is 9.52. The van der Waals surface area contributed by atoms with Gasteiger partial charge in [0, 0.05) is 38.1 Å². The van der Waals surface area contributed by atoms with Crippen LogP contribution in [0.15, 0.2) is 41.3 Å². The molecule has 0 saturated carbocycles. The molecule has 0 bridgehead atoms. The zero-order chi connectivity index (χ0) is 17.6. The van der Waals surface area contributed by atoms with Crippen molar-refractivity contribution in [2.45, 2.75) is 33.2 Å². The number of pyridine rings is 1. The Labute approximate surface area is 156 Å². The Hall–Kier alpha value is -2.15. The van der Waals surface area contributed by atoms with Crippen molar-refractivity contribution in [2.24, 2.45) is 0 Å². The lowest BCUT2D eigenvalue weighted by Crippen LogP contribution is -2.20. The quantitative estimate of drug-likeness (QED) is 0.710. The molecule has 1 aliphatic rings. The second-order valence-electron chi connectivity index (χ2n) is 5.64. The van der Waals surface area contributed by atoms with Crippen LogP contribution in [0.4, 0.5) is 11.6 Å². The van der Waals surface area contributed by atoms with E-state index in [4.69, 9.17) is 4.98 Å². The van der Waals surface area contributed by atoms with Gasteiger partial charge in [0.1, 0.15) is 11.6 Å². The molecule has 1 fully saturated rings. The molecule has 0 amide bonds. The van der Waals surface area contributed by atoms with Gasteiger partial charge in [-0.05, 0) is 40.4 Å². The molecule has 0 unspecified atom stereocenters. The third-order valence-electron chi connectivity index (χ3n) is 4.04. The van der Waals surface area contributed by atoms with Gasteiger partial charge in [0.25, 0.3) is 0 Å². The molecule has 0 aromatic carbocycles. The van der Waals surface area contributed by atoms with Gasteiger partial charge < -0.3 is 10.2 Å². The van der Waals surface area contributed by atoms with Crippen molar-refractivity contribution in [1.82, 2.24) is 19.6 Å². The molecule has 1 aliphatic heterocycles. The van der Waals surface area contributed by atoms with Crippen LogP contribution in [0.25, 0.3) is 5.65 Å². The summed E-state index contributed by atoms with van der Waals surface area (Å²) in [5.41, 5.74) is 1.97. The zero-order valence-corrected chi connectivity index (χ0v) is 16.2. The summed E-state index contributed by atoms with van der Waals surface area (Å²) < 4.78 is 2.74. The van der Waals surface area contributed by atoms with Gasteiger partial charge in [-0.15, -0.1) is 0 Å². The highest BCUT2D eigenvalue weighted by atomic mass is 79.9. The van der Waals surface area contributed by atoms with Gasteiger partial charge in [-0.25, -0.2) is 4.98 Å². The van der Waals surface area contributed by atoms with Gasteiger partial charge in [-0.1, -0.05) is 19.9 Å². The minimum absolute atomic E-state index is 0.698. The molecule has 4 rings (SSSR count). The lowest BCUT2D eigenvalue weighted by molar-refractivity contribution is 0.892. The maximum Gasteiger partial charge on any atom is 0.173 e. The standard InChI is InChI=1S/C16H17BrN6.C2H6/c17-13-11-20-23-14(19-10-12-4-3-5-18-9-12)8-15(21-16(13)23)22-6-1-2-7-22;1-2/h3-5,8-9,11,19H,1-2,6-7,10H2;1-2H3. The minimum Gasteiger partial charge on any atom is -0.366 e. The van der Waals surface area contributed by atoms with Crippen LogP contribution in [0.2, 0.25) is 0 Å². The van der Waals surface area contributed by atoms with E-state index in [0.717, 1.165) is 40.4 Å². The van der Waals surface area contributed by atoms with E-state index >= 15 is 0 Å². The number of hydrogen-bond acceptors (Lipinski definition) is 5. The highest BCUT2D eigenvalue weighted by molar-refractivity contribution is 9.10. The molecule has 132 valence electrons. The van der Waals surface area contributed by atoms with Crippen molar-refractivity contribution in [3.8, 4) is 0 Å². The van der Waals surface area contributed by atoms with Crippen LogP contribution in [-0.4, -0.2) is 32.7 Å². The van der Waals surface area contributed by atoms with Crippen molar-refractivity contribution in [2.75, 3.05) is 23.3 Å². The lowest BCUT2D eigenvalue weighted by Gasteiger charge is -2.18. The topological polar surface area (TPSA) is 58.4 Å². The van der Waals surface area contributed by atoms with Crippen LogP contribution >= 0.6 is 15.9 Å². The Morgan fingerprint density at radius 1 is 1.20 bits per heavy atom. The fourth-order valence-corrected chi connectivity index (χ4v) is 3.20. The van der Waals surface area contributed by atoms with E-state index in [1.165, 1.54) is 12.8 Å². The first-order chi connectivity index (χ1) is 12.3. The Morgan fingerprint density at radius 3 is 2.72 bits per heavy atom.